The maximum absolute atomic E-state index is 13.9. The van der Waals surface area contributed by atoms with E-state index in [9.17, 15) is 23.5 Å². The summed E-state index contributed by atoms with van der Waals surface area (Å²) in [6, 6.07) is 6.35. The zero-order valence-electron chi connectivity index (χ0n) is 23.8. The molecule has 3 atom stereocenters. The average molecular weight is 547 g/mol. The number of benzene rings is 2. The number of carbonyl (C=O) groups is 2. The first-order valence-corrected chi connectivity index (χ1v) is 13.8. The van der Waals surface area contributed by atoms with Crippen LogP contribution in [0.2, 0.25) is 0 Å². The number of nitrogens with zero attached hydrogens (tertiary/aromatic N) is 1. The van der Waals surface area contributed by atoms with Crippen molar-refractivity contribution in [2.45, 2.75) is 72.1 Å². The van der Waals surface area contributed by atoms with Gasteiger partial charge >= 0.3 is 0 Å². The lowest BCUT2D eigenvalue weighted by Gasteiger charge is -2.29. The van der Waals surface area contributed by atoms with Gasteiger partial charge < -0.3 is 26.4 Å². The highest BCUT2D eigenvalue weighted by Gasteiger charge is 2.28. The minimum Gasteiger partial charge on any atom is -0.389 e. The van der Waals surface area contributed by atoms with Gasteiger partial charge in [0.05, 0.1) is 12.1 Å². The Kier molecular flexibility index (Phi) is 13.0. The van der Waals surface area contributed by atoms with E-state index in [2.05, 4.69) is 10.6 Å². The van der Waals surface area contributed by atoms with Crippen LogP contribution in [0.15, 0.2) is 36.4 Å². The fourth-order valence-electron chi connectivity index (χ4n) is 4.52. The minimum atomic E-state index is -1.21. The number of carbonyl (C=O) groups excluding carboxylic acids is 2. The fraction of sp³-hybridized carbons (Fsp3) is 0.533. The molecule has 0 saturated carbocycles. The Hall–Kier alpha value is -2.88. The summed E-state index contributed by atoms with van der Waals surface area (Å²) < 4.78 is 27.8. The Morgan fingerprint density at radius 3 is 2.10 bits per heavy atom. The van der Waals surface area contributed by atoms with Crippen molar-refractivity contribution < 1.29 is 23.5 Å². The molecule has 9 heteroatoms. The second-order valence-corrected chi connectivity index (χ2v) is 10.6. The molecule has 2 amide bonds. The summed E-state index contributed by atoms with van der Waals surface area (Å²) >= 11 is 0. The molecule has 2 aromatic rings. The highest BCUT2D eigenvalue weighted by Crippen LogP contribution is 2.16. The van der Waals surface area contributed by atoms with Gasteiger partial charge in [-0.15, -0.1) is 0 Å². The predicted molar refractivity (Wildman–Crippen MR) is 151 cm³/mol. The van der Waals surface area contributed by atoms with E-state index in [0.717, 1.165) is 36.6 Å². The zero-order valence-corrected chi connectivity index (χ0v) is 23.8. The Balaban J connectivity index is 2.32. The molecule has 216 valence electrons. The van der Waals surface area contributed by atoms with Crippen molar-refractivity contribution in [2.24, 2.45) is 11.7 Å². The summed E-state index contributed by atoms with van der Waals surface area (Å²) in [5, 5.41) is 17.1. The number of rotatable bonds is 15. The van der Waals surface area contributed by atoms with Crippen molar-refractivity contribution in [1.29, 1.82) is 0 Å². The van der Waals surface area contributed by atoms with Gasteiger partial charge in [-0.25, -0.2) is 8.78 Å². The third kappa shape index (κ3) is 10.3. The van der Waals surface area contributed by atoms with E-state index in [-0.39, 0.29) is 30.0 Å². The summed E-state index contributed by atoms with van der Waals surface area (Å²) in [5.74, 6) is -1.80. The molecule has 7 nitrogen and oxygen atoms in total. The molecule has 5 N–H and O–H groups in total. The molecule has 0 heterocycles. The van der Waals surface area contributed by atoms with Crippen LogP contribution < -0.4 is 16.4 Å². The van der Waals surface area contributed by atoms with Crippen LogP contribution >= 0.6 is 0 Å². The number of halogens is 2. The molecule has 0 saturated heterocycles. The maximum Gasteiger partial charge on any atom is 0.253 e. The molecule has 0 spiro atoms. The number of nitrogens with two attached hydrogens (primary N) is 1. The Bertz CT molecular complexity index is 1070. The minimum absolute atomic E-state index is 0.0438. The summed E-state index contributed by atoms with van der Waals surface area (Å²) in [4.78, 5) is 28.4. The molecule has 0 aromatic heterocycles. The first-order chi connectivity index (χ1) is 18.4. The third-order valence-corrected chi connectivity index (χ3v) is 6.34. The van der Waals surface area contributed by atoms with E-state index in [1.54, 1.807) is 30.0 Å². The van der Waals surface area contributed by atoms with Gasteiger partial charge in [0.15, 0.2) is 0 Å². The fourth-order valence-corrected chi connectivity index (χ4v) is 4.52. The number of hydrogen-bond donors (Lipinski definition) is 4. The van der Waals surface area contributed by atoms with Crippen LogP contribution in [-0.4, -0.2) is 66.2 Å². The molecule has 0 aliphatic heterocycles. The van der Waals surface area contributed by atoms with E-state index in [0.29, 0.717) is 31.1 Å². The zero-order chi connectivity index (χ0) is 29.1. The molecule has 0 fully saturated rings. The number of aliphatic hydroxyl groups is 1. The van der Waals surface area contributed by atoms with Crippen molar-refractivity contribution >= 4 is 11.8 Å². The summed E-state index contributed by atoms with van der Waals surface area (Å²) in [6.07, 6.45) is 0.377. The van der Waals surface area contributed by atoms with Crippen LogP contribution in [0.3, 0.4) is 0 Å². The van der Waals surface area contributed by atoms with Crippen LogP contribution in [-0.2, 0) is 6.42 Å². The summed E-state index contributed by atoms with van der Waals surface area (Å²) in [7, 11) is 0. The van der Waals surface area contributed by atoms with Gasteiger partial charge in [0.2, 0.25) is 0 Å². The standard InChI is InChI=1S/C30H44F2N4O3/c1-6-8-36(9-7-2)30(39)23-11-20(5)10-22(15-23)29(38)35-27(14-21-12-24(31)16-25(32)13-21)28(37)26(33)18-34-17-19(3)4/h10-13,15-16,19,26-28,34,37H,6-9,14,17-18,33H2,1-5H3,(H,35,38)/t26-,27+,28-/m1/s1. The van der Waals surface area contributed by atoms with Gasteiger partial charge in [-0.05, 0) is 80.1 Å². The largest absolute Gasteiger partial charge is 0.389 e. The number of aryl methyl sites for hydroxylation is 1. The molecule has 0 aliphatic carbocycles. The van der Waals surface area contributed by atoms with E-state index >= 15 is 0 Å². The van der Waals surface area contributed by atoms with Gasteiger partial charge in [0.25, 0.3) is 11.8 Å². The van der Waals surface area contributed by atoms with Crippen LogP contribution in [0.1, 0.15) is 72.4 Å². The Morgan fingerprint density at radius 2 is 1.54 bits per heavy atom. The van der Waals surface area contributed by atoms with E-state index in [1.807, 2.05) is 27.7 Å². The summed E-state index contributed by atoms with van der Waals surface area (Å²) in [6.45, 7) is 12.1. The molecule has 0 unspecified atom stereocenters. The molecular formula is C30H44F2N4O3. The van der Waals surface area contributed by atoms with Crippen molar-refractivity contribution in [3.63, 3.8) is 0 Å². The van der Waals surface area contributed by atoms with Gasteiger partial charge in [-0.2, -0.15) is 0 Å². The van der Waals surface area contributed by atoms with Crippen LogP contribution in [0.25, 0.3) is 0 Å². The molecular weight excluding hydrogens is 502 g/mol. The van der Waals surface area contributed by atoms with Gasteiger partial charge in [0.1, 0.15) is 11.6 Å². The van der Waals surface area contributed by atoms with Gasteiger partial charge in [0, 0.05) is 42.9 Å². The van der Waals surface area contributed by atoms with Crippen molar-refractivity contribution in [1.82, 2.24) is 15.5 Å². The number of hydrogen-bond acceptors (Lipinski definition) is 5. The number of nitrogens with one attached hydrogen (secondary N) is 2. The second kappa shape index (κ2) is 15.6. The first-order valence-electron chi connectivity index (χ1n) is 13.8. The smallest absolute Gasteiger partial charge is 0.253 e. The highest BCUT2D eigenvalue weighted by atomic mass is 19.1. The normalized spacial score (nSPS) is 13.7. The number of aliphatic hydroxyl groups excluding tert-OH is 1. The molecule has 0 radical (unpaired) electrons. The van der Waals surface area contributed by atoms with E-state index in [1.165, 1.54) is 0 Å². The van der Waals surface area contributed by atoms with Crippen molar-refractivity contribution in [3.8, 4) is 0 Å². The average Bonchev–Trinajstić information content (AvgIpc) is 2.86. The van der Waals surface area contributed by atoms with Gasteiger partial charge in [-0.3, -0.25) is 9.59 Å². The highest BCUT2D eigenvalue weighted by molar-refractivity contribution is 6.00. The first kappa shape index (κ1) is 32.3. The lowest BCUT2D eigenvalue weighted by atomic mass is 9.95. The molecule has 0 aliphatic rings. The van der Waals surface area contributed by atoms with Crippen molar-refractivity contribution in [2.75, 3.05) is 26.2 Å². The lowest BCUT2D eigenvalue weighted by molar-refractivity contribution is 0.0754. The molecule has 2 rings (SSSR count). The van der Waals surface area contributed by atoms with Crippen molar-refractivity contribution in [3.05, 3.63) is 70.3 Å². The Labute approximate surface area is 231 Å². The quantitative estimate of drug-likeness (QED) is 0.272. The van der Waals surface area contributed by atoms with E-state index in [4.69, 9.17) is 5.73 Å². The third-order valence-electron chi connectivity index (χ3n) is 6.34. The Morgan fingerprint density at radius 1 is 0.949 bits per heavy atom. The molecule has 0 bridgehead atoms. The maximum atomic E-state index is 13.9. The monoisotopic (exact) mass is 546 g/mol. The SMILES string of the molecule is CCCN(CCC)C(=O)c1cc(C)cc(C(=O)N[C@@H](Cc2cc(F)cc(F)c2)[C@H](O)[C@H](N)CNCC(C)C)c1. The lowest BCUT2D eigenvalue weighted by Crippen LogP contribution is -2.55. The van der Waals surface area contributed by atoms with Crippen LogP contribution in [0.5, 0.6) is 0 Å². The van der Waals surface area contributed by atoms with Crippen LogP contribution in [0, 0.1) is 24.5 Å². The topological polar surface area (TPSA) is 108 Å². The molecule has 39 heavy (non-hydrogen) atoms. The number of amides is 2. The van der Waals surface area contributed by atoms with Crippen LogP contribution in [0.4, 0.5) is 8.78 Å². The molecule has 2 aromatic carbocycles. The van der Waals surface area contributed by atoms with Gasteiger partial charge in [-0.1, -0.05) is 27.7 Å². The second-order valence-electron chi connectivity index (χ2n) is 10.6. The van der Waals surface area contributed by atoms with E-state index < -0.39 is 35.7 Å². The predicted octanol–water partition coefficient (Wildman–Crippen LogP) is 3.81. The summed E-state index contributed by atoms with van der Waals surface area (Å²) in [5.41, 5.74) is 7.91.